The van der Waals surface area contributed by atoms with Gasteiger partial charge in [0.05, 0.1) is 22.1 Å². The van der Waals surface area contributed by atoms with Gasteiger partial charge in [0.2, 0.25) is 0 Å². The Kier molecular flexibility index (Phi) is 6.19. The molecule has 7 nitrogen and oxygen atoms in total. The number of fused-ring (bicyclic) bond motifs is 2. The van der Waals surface area contributed by atoms with Crippen LogP contribution >= 0.6 is 11.6 Å². The molecule has 0 aliphatic carbocycles. The van der Waals surface area contributed by atoms with Crippen LogP contribution in [0.25, 0.3) is 22.0 Å². The average Bonchev–Trinajstić information content (AvgIpc) is 3.16. The Morgan fingerprint density at radius 2 is 2.03 bits per heavy atom. The number of aryl methyl sites for hydroxylation is 1. The maximum Gasteiger partial charge on any atom is 0.336 e. The molecular weight excluding hydrogens is 430 g/mol. The molecule has 32 heavy (non-hydrogen) atoms. The van der Waals surface area contributed by atoms with Crippen LogP contribution in [0.1, 0.15) is 37.7 Å². The van der Waals surface area contributed by atoms with Gasteiger partial charge in [-0.1, -0.05) is 37.6 Å². The highest BCUT2D eigenvalue weighted by Crippen LogP contribution is 2.31. The molecule has 0 aliphatic rings. The molecule has 166 valence electrons. The number of aromatic nitrogens is 2. The summed E-state index contributed by atoms with van der Waals surface area (Å²) in [6.07, 6.45) is 0.715. The second-order valence-corrected chi connectivity index (χ2v) is 8.61. The fourth-order valence-corrected chi connectivity index (χ4v) is 3.88. The first-order chi connectivity index (χ1) is 15.3. The van der Waals surface area contributed by atoms with Gasteiger partial charge >= 0.3 is 5.63 Å². The zero-order chi connectivity index (χ0) is 22.8. The Balaban J connectivity index is 1.50. The van der Waals surface area contributed by atoms with Gasteiger partial charge in [-0.2, -0.15) is 0 Å². The van der Waals surface area contributed by atoms with Crippen molar-refractivity contribution in [3.63, 3.8) is 0 Å². The van der Waals surface area contributed by atoms with E-state index in [2.05, 4.69) is 29.1 Å². The minimum atomic E-state index is -0.455. The predicted octanol–water partition coefficient (Wildman–Crippen LogP) is 4.91. The highest BCUT2D eigenvalue weighted by molar-refractivity contribution is 6.32. The van der Waals surface area contributed by atoms with Crippen molar-refractivity contribution in [1.82, 2.24) is 15.3 Å². The van der Waals surface area contributed by atoms with Crippen molar-refractivity contribution in [3.05, 3.63) is 69.3 Å². The van der Waals surface area contributed by atoms with Gasteiger partial charge in [-0.3, -0.25) is 4.79 Å². The lowest BCUT2D eigenvalue weighted by Crippen LogP contribution is -2.34. The first-order valence-corrected chi connectivity index (χ1v) is 10.8. The van der Waals surface area contributed by atoms with Crippen LogP contribution in [0, 0.1) is 12.8 Å². The first-order valence-electron chi connectivity index (χ1n) is 10.4. The molecule has 1 amide bonds. The molecule has 0 radical (unpaired) electrons. The largest absolute Gasteiger partial charge is 0.482 e. The number of nitrogens with zero attached hydrogens (tertiary/aromatic N) is 1. The van der Waals surface area contributed by atoms with Crippen LogP contribution in [0.2, 0.25) is 5.02 Å². The highest BCUT2D eigenvalue weighted by Gasteiger charge is 2.20. The van der Waals surface area contributed by atoms with E-state index in [1.807, 2.05) is 24.3 Å². The first kappa shape index (κ1) is 21.9. The number of H-pyrrole nitrogens is 1. The van der Waals surface area contributed by atoms with Crippen molar-refractivity contribution in [2.75, 3.05) is 6.61 Å². The third-order valence-corrected chi connectivity index (χ3v) is 5.44. The summed E-state index contributed by atoms with van der Waals surface area (Å²) in [5, 5.41) is 4.04. The summed E-state index contributed by atoms with van der Waals surface area (Å²) in [5.74, 6) is 1.01. The molecule has 2 aromatic carbocycles. The van der Waals surface area contributed by atoms with Gasteiger partial charge in [-0.15, -0.1) is 0 Å². The standard InChI is InChI=1S/C24H24ClN3O4/c1-13(2)8-19(24-27-17-6-4-5-7-18(17)28-24)26-22(29)12-31-21-11-20-15(10-16(21)25)14(3)9-23(30)32-20/h4-7,9-11,13,19H,8,12H2,1-3H3,(H,26,29)(H,27,28)/t19-/m0/s1. The van der Waals surface area contributed by atoms with Gasteiger partial charge in [0.1, 0.15) is 17.2 Å². The van der Waals surface area contributed by atoms with E-state index < -0.39 is 5.63 Å². The number of benzene rings is 2. The quantitative estimate of drug-likeness (QED) is 0.387. The fourth-order valence-electron chi connectivity index (χ4n) is 3.66. The minimum Gasteiger partial charge on any atom is -0.482 e. The molecule has 0 saturated carbocycles. The van der Waals surface area contributed by atoms with E-state index in [9.17, 15) is 9.59 Å². The summed E-state index contributed by atoms with van der Waals surface area (Å²) in [6, 6.07) is 12.0. The second-order valence-electron chi connectivity index (χ2n) is 8.20. The number of para-hydroxylation sites is 2. The van der Waals surface area contributed by atoms with E-state index in [1.54, 1.807) is 13.0 Å². The minimum absolute atomic E-state index is 0.240. The Bertz CT molecular complexity index is 1310. The smallest absolute Gasteiger partial charge is 0.336 e. The zero-order valence-electron chi connectivity index (χ0n) is 18.1. The van der Waals surface area contributed by atoms with Crippen molar-refractivity contribution >= 4 is 39.5 Å². The van der Waals surface area contributed by atoms with Crippen LogP contribution < -0.4 is 15.7 Å². The predicted molar refractivity (Wildman–Crippen MR) is 124 cm³/mol. The molecule has 0 aliphatic heterocycles. The van der Waals surface area contributed by atoms with Crippen LogP contribution in [0.15, 0.2) is 51.7 Å². The molecular formula is C24H24ClN3O4. The van der Waals surface area contributed by atoms with Crippen molar-refractivity contribution in [2.24, 2.45) is 5.92 Å². The highest BCUT2D eigenvalue weighted by atomic mass is 35.5. The molecule has 4 aromatic rings. The van der Waals surface area contributed by atoms with Crippen molar-refractivity contribution < 1.29 is 13.9 Å². The topological polar surface area (TPSA) is 97.2 Å². The lowest BCUT2D eigenvalue weighted by Gasteiger charge is -2.19. The zero-order valence-corrected chi connectivity index (χ0v) is 18.8. The van der Waals surface area contributed by atoms with Gasteiger partial charge in [0.25, 0.3) is 5.91 Å². The lowest BCUT2D eigenvalue weighted by molar-refractivity contribution is -0.124. The molecule has 8 heteroatoms. The third-order valence-electron chi connectivity index (χ3n) is 5.14. The Morgan fingerprint density at radius 3 is 2.78 bits per heavy atom. The number of amides is 1. The van der Waals surface area contributed by atoms with Gasteiger partial charge in [0, 0.05) is 17.5 Å². The number of hydrogen-bond donors (Lipinski definition) is 2. The Morgan fingerprint density at radius 1 is 1.25 bits per heavy atom. The van der Waals surface area contributed by atoms with Gasteiger partial charge in [-0.05, 0) is 43.0 Å². The molecule has 2 N–H and O–H groups in total. The summed E-state index contributed by atoms with van der Waals surface area (Å²) >= 11 is 6.32. The molecule has 2 aromatic heterocycles. The maximum absolute atomic E-state index is 12.7. The summed E-state index contributed by atoms with van der Waals surface area (Å²) in [6.45, 7) is 5.73. The van der Waals surface area contributed by atoms with Gasteiger partial charge in [-0.25, -0.2) is 9.78 Å². The van der Waals surface area contributed by atoms with Crippen LogP contribution in [0.3, 0.4) is 0 Å². The number of carbonyl (C=O) groups excluding carboxylic acids is 1. The second kappa shape index (κ2) is 9.04. The van der Waals surface area contributed by atoms with E-state index in [4.69, 9.17) is 20.8 Å². The van der Waals surface area contributed by atoms with E-state index >= 15 is 0 Å². The Hall–Kier alpha value is -3.32. The molecule has 0 bridgehead atoms. The number of imidazole rings is 1. The van der Waals surface area contributed by atoms with Crippen LogP contribution in [0.5, 0.6) is 5.75 Å². The summed E-state index contributed by atoms with van der Waals surface area (Å²) in [4.78, 5) is 32.3. The monoisotopic (exact) mass is 453 g/mol. The number of hydrogen-bond acceptors (Lipinski definition) is 5. The van der Waals surface area contributed by atoms with Crippen molar-refractivity contribution in [3.8, 4) is 5.75 Å². The number of carbonyl (C=O) groups is 1. The lowest BCUT2D eigenvalue weighted by atomic mass is 10.0. The number of ether oxygens (including phenoxy) is 1. The van der Waals surface area contributed by atoms with Crippen LogP contribution in [-0.2, 0) is 4.79 Å². The van der Waals surface area contributed by atoms with E-state index in [-0.39, 0.29) is 24.3 Å². The number of nitrogens with one attached hydrogen (secondary N) is 2. The van der Waals surface area contributed by atoms with Crippen LogP contribution in [0.4, 0.5) is 0 Å². The summed E-state index contributed by atoms with van der Waals surface area (Å²) < 4.78 is 10.9. The summed E-state index contributed by atoms with van der Waals surface area (Å²) in [7, 11) is 0. The van der Waals surface area contributed by atoms with Crippen molar-refractivity contribution in [1.29, 1.82) is 0 Å². The molecule has 0 saturated heterocycles. The normalized spacial score (nSPS) is 12.4. The molecule has 4 rings (SSSR count). The van der Waals surface area contributed by atoms with E-state index in [0.29, 0.717) is 34.2 Å². The molecule has 0 unspecified atom stereocenters. The van der Waals surface area contributed by atoms with E-state index in [1.165, 1.54) is 12.1 Å². The number of aromatic amines is 1. The maximum atomic E-state index is 12.7. The fraction of sp³-hybridized carbons (Fsp3) is 0.292. The van der Waals surface area contributed by atoms with Gasteiger partial charge < -0.3 is 19.5 Å². The number of halogens is 1. The van der Waals surface area contributed by atoms with Gasteiger partial charge in [0.15, 0.2) is 6.61 Å². The Labute approximate surface area is 189 Å². The SMILES string of the molecule is Cc1cc(=O)oc2cc(OCC(=O)N[C@@H](CC(C)C)c3nc4ccccc4[nH]3)c(Cl)cc12. The number of rotatable bonds is 7. The van der Waals surface area contributed by atoms with E-state index in [0.717, 1.165) is 16.6 Å². The summed E-state index contributed by atoms with van der Waals surface area (Å²) in [5.41, 5.74) is 2.42. The van der Waals surface area contributed by atoms with Crippen LogP contribution in [-0.4, -0.2) is 22.5 Å². The molecule has 2 heterocycles. The molecule has 1 atom stereocenters. The van der Waals surface area contributed by atoms with Crippen molar-refractivity contribution in [2.45, 2.75) is 33.2 Å². The molecule has 0 spiro atoms. The third kappa shape index (κ3) is 4.78. The average molecular weight is 454 g/mol. The molecule has 0 fully saturated rings.